The second-order valence-corrected chi connectivity index (χ2v) is 8.33. The van der Waals surface area contributed by atoms with E-state index in [9.17, 15) is 0 Å². The molecular weight excluding hydrogens is 464 g/mol. The molecule has 0 unspecified atom stereocenters. The average molecular weight is 491 g/mol. The fourth-order valence-electron chi connectivity index (χ4n) is 3.59. The molecule has 1 aliphatic rings. The zero-order valence-corrected chi connectivity index (χ0v) is 19.5. The minimum Gasteiger partial charge on any atom is -0.378 e. The molecule has 164 valence electrons. The standard InChI is InChI=1S/C26H27BrN4O/c1-2-5-21-12-13-28-26(21)7-4-3-6-22-18-23(30-29-22)10-8-20-9-11-24(19-25(20)27)31-14-16-32-17-15-31/h2-3,5-13,18-19,28H,1,4,14-17H2,(H,29,30)/b6-3+,10-8+,21-5-,26-7+. The molecule has 32 heavy (non-hydrogen) atoms. The molecule has 0 radical (unpaired) electrons. The molecule has 2 N–H and O–H groups in total. The highest BCUT2D eigenvalue weighted by molar-refractivity contribution is 9.10. The predicted octanol–water partition coefficient (Wildman–Crippen LogP) is 4.36. The summed E-state index contributed by atoms with van der Waals surface area (Å²) in [6.07, 6.45) is 17.0. The van der Waals surface area contributed by atoms with Gasteiger partial charge in [-0.1, -0.05) is 59.0 Å². The van der Waals surface area contributed by atoms with Gasteiger partial charge in [-0.25, -0.2) is 0 Å². The van der Waals surface area contributed by atoms with Gasteiger partial charge in [0, 0.05) is 34.8 Å². The van der Waals surface area contributed by atoms with Crippen LogP contribution in [-0.2, 0) is 4.74 Å². The smallest absolute Gasteiger partial charge is 0.0854 e. The number of benzene rings is 1. The van der Waals surface area contributed by atoms with Gasteiger partial charge in [0.15, 0.2) is 0 Å². The van der Waals surface area contributed by atoms with Crippen LogP contribution in [0.15, 0.2) is 59.7 Å². The van der Waals surface area contributed by atoms with Crippen LogP contribution in [0.3, 0.4) is 0 Å². The molecule has 0 atom stereocenters. The highest BCUT2D eigenvalue weighted by Crippen LogP contribution is 2.26. The predicted molar refractivity (Wildman–Crippen MR) is 138 cm³/mol. The third-order valence-electron chi connectivity index (χ3n) is 5.28. The molecule has 0 saturated carbocycles. The van der Waals surface area contributed by atoms with Crippen molar-refractivity contribution in [3.63, 3.8) is 0 Å². The minimum atomic E-state index is 0.786. The lowest BCUT2D eigenvalue weighted by Gasteiger charge is -2.29. The zero-order valence-electron chi connectivity index (χ0n) is 17.9. The van der Waals surface area contributed by atoms with E-state index in [0.717, 1.165) is 64.7 Å². The molecule has 0 bridgehead atoms. The van der Waals surface area contributed by atoms with Gasteiger partial charge in [-0.15, -0.1) is 0 Å². The number of hydrogen-bond acceptors (Lipinski definition) is 3. The summed E-state index contributed by atoms with van der Waals surface area (Å²) in [6.45, 7) is 7.19. The number of nitrogens with zero attached hydrogens (tertiary/aromatic N) is 2. The number of aromatic nitrogens is 3. The summed E-state index contributed by atoms with van der Waals surface area (Å²) in [5.41, 5.74) is 4.21. The van der Waals surface area contributed by atoms with E-state index in [-0.39, 0.29) is 0 Å². The molecule has 0 amide bonds. The molecule has 6 heteroatoms. The molecule has 3 heterocycles. The molecule has 1 aliphatic heterocycles. The number of nitrogens with one attached hydrogen (secondary N) is 2. The maximum atomic E-state index is 5.44. The molecule has 4 rings (SSSR count). The lowest BCUT2D eigenvalue weighted by atomic mass is 10.1. The van der Waals surface area contributed by atoms with Crippen molar-refractivity contribution in [3.8, 4) is 0 Å². The number of aromatic amines is 2. The second-order valence-electron chi connectivity index (χ2n) is 7.48. The number of rotatable bonds is 7. The van der Waals surface area contributed by atoms with E-state index in [1.807, 2.05) is 36.6 Å². The summed E-state index contributed by atoms with van der Waals surface area (Å²) in [5.74, 6) is 0. The van der Waals surface area contributed by atoms with Gasteiger partial charge in [-0.3, -0.25) is 5.10 Å². The van der Waals surface area contributed by atoms with Crippen LogP contribution in [0.2, 0.25) is 0 Å². The van der Waals surface area contributed by atoms with Crippen molar-refractivity contribution in [3.05, 3.63) is 87.3 Å². The molecule has 1 aromatic carbocycles. The van der Waals surface area contributed by atoms with Gasteiger partial charge in [0.1, 0.15) is 0 Å². The van der Waals surface area contributed by atoms with Gasteiger partial charge in [-0.05, 0) is 53.6 Å². The normalized spacial score (nSPS) is 16.0. The first kappa shape index (κ1) is 22.1. The fourth-order valence-corrected chi connectivity index (χ4v) is 4.09. The Morgan fingerprint density at radius 1 is 1.12 bits per heavy atom. The van der Waals surface area contributed by atoms with Crippen LogP contribution in [0.25, 0.3) is 30.4 Å². The molecule has 0 spiro atoms. The van der Waals surface area contributed by atoms with E-state index >= 15 is 0 Å². The number of halogens is 1. The first-order chi connectivity index (χ1) is 15.7. The van der Waals surface area contributed by atoms with Crippen molar-refractivity contribution in [1.29, 1.82) is 0 Å². The minimum absolute atomic E-state index is 0.786. The second kappa shape index (κ2) is 11.0. The number of hydrogen-bond donors (Lipinski definition) is 2. The average Bonchev–Trinajstić information content (AvgIpc) is 3.46. The zero-order chi connectivity index (χ0) is 22.2. The molecule has 0 aliphatic carbocycles. The number of allylic oxidation sites excluding steroid dienone is 2. The van der Waals surface area contributed by atoms with Gasteiger partial charge < -0.3 is 14.6 Å². The van der Waals surface area contributed by atoms with Crippen molar-refractivity contribution in [2.45, 2.75) is 6.42 Å². The SMILES string of the molecule is C=C/C=c1/cc[nH]/c1=C/C/C=C/c1cc(/C=C/c2ccc(N3CCOCC3)cc2Br)n[nH]1. The van der Waals surface area contributed by atoms with E-state index in [1.165, 1.54) is 5.69 Å². The van der Waals surface area contributed by atoms with E-state index in [1.54, 1.807) is 6.08 Å². The Morgan fingerprint density at radius 2 is 2.00 bits per heavy atom. The van der Waals surface area contributed by atoms with Gasteiger partial charge in [0.25, 0.3) is 0 Å². The van der Waals surface area contributed by atoms with E-state index in [0.29, 0.717) is 0 Å². The largest absolute Gasteiger partial charge is 0.378 e. The number of ether oxygens (including phenoxy) is 1. The van der Waals surface area contributed by atoms with Crippen LogP contribution in [-0.4, -0.2) is 41.5 Å². The monoisotopic (exact) mass is 490 g/mol. The van der Waals surface area contributed by atoms with Crippen LogP contribution in [0.1, 0.15) is 23.4 Å². The van der Waals surface area contributed by atoms with Crippen molar-refractivity contribution in [1.82, 2.24) is 15.2 Å². The molecule has 3 aromatic rings. The van der Waals surface area contributed by atoms with Crippen LogP contribution >= 0.6 is 15.9 Å². The highest BCUT2D eigenvalue weighted by atomic mass is 79.9. The van der Waals surface area contributed by atoms with Crippen LogP contribution < -0.4 is 15.5 Å². The van der Waals surface area contributed by atoms with Crippen LogP contribution in [0.5, 0.6) is 0 Å². The number of H-pyrrole nitrogens is 2. The molecule has 5 nitrogen and oxygen atoms in total. The topological polar surface area (TPSA) is 56.9 Å². The van der Waals surface area contributed by atoms with Crippen molar-refractivity contribution in [2.75, 3.05) is 31.2 Å². The van der Waals surface area contributed by atoms with Gasteiger partial charge in [0.05, 0.1) is 24.6 Å². The van der Waals surface area contributed by atoms with Gasteiger partial charge in [-0.2, -0.15) is 5.10 Å². The maximum absolute atomic E-state index is 5.44. The van der Waals surface area contributed by atoms with Crippen molar-refractivity contribution < 1.29 is 4.74 Å². The van der Waals surface area contributed by atoms with Crippen molar-refractivity contribution >= 4 is 52.0 Å². The summed E-state index contributed by atoms with van der Waals surface area (Å²) < 4.78 is 6.51. The number of anilines is 1. The Bertz CT molecular complexity index is 1230. The lowest BCUT2D eigenvalue weighted by Crippen LogP contribution is -2.36. The van der Waals surface area contributed by atoms with Gasteiger partial charge >= 0.3 is 0 Å². The molecular formula is C26H27BrN4O. The Morgan fingerprint density at radius 3 is 2.81 bits per heavy atom. The molecule has 1 fully saturated rings. The lowest BCUT2D eigenvalue weighted by molar-refractivity contribution is 0.122. The summed E-state index contributed by atoms with van der Waals surface area (Å²) in [6, 6.07) is 10.5. The number of morpholine rings is 1. The maximum Gasteiger partial charge on any atom is 0.0854 e. The summed E-state index contributed by atoms with van der Waals surface area (Å²) in [7, 11) is 0. The third-order valence-corrected chi connectivity index (χ3v) is 5.96. The van der Waals surface area contributed by atoms with Crippen molar-refractivity contribution in [2.24, 2.45) is 0 Å². The third kappa shape index (κ3) is 5.78. The van der Waals surface area contributed by atoms with E-state index < -0.39 is 0 Å². The Labute approximate surface area is 196 Å². The summed E-state index contributed by atoms with van der Waals surface area (Å²) in [4.78, 5) is 5.59. The van der Waals surface area contributed by atoms with Crippen LogP contribution in [0, 0.1) is 0 Å². The first-order valence-corrected chi connectivity index (χ1v) is 11.5. The quantitative estimate of drug-likeness (QED) is 0.517. The first-order valence-electron chi connectivity index (χ1n) is 10.7. The summed E-state index contributed by atoms with van der Waals surface area (Å²) in [5, 5.41) is 9.71. The molecule has 1 saturated heterocycles. The molecule has 2 aromatic heterocycles. The van der Waals surface area contributed by atoms with Crippen LogP contribution in [0.4, 0.5) is 5.69 Å². The Balaban J connectivity index is 1.37. The van der Waals surface area contributed by atoms with Gasteiger partial charge in [0.2, 0.25) is 0 Å². The highest BCUT2D eigenvalue weighted by Gasteiger charge is 2.12. The van der Waals surface area contributed by atoms with E-state index in [4.69, 9.17) is 4.74 Å². The van der Waals surface area contributed by atoms with E-state index in [2.05, 4.69) is 79.0 Å². The Hall–Kier alpha value is -3.09. The fraction of sp³-hybridized carbons (Fsp3) is 0.192. The summed E-state index contributed by atoms with van der Waals surface area (Å²) >= 11 is 3.70. The Kier molecular flexibility index (Phi) is 7.59.